The molecule has 25 heavy (non-hydrogen) atoms. The van der Waals surface area contributed by atoms with Crippen LogP contribution in [0.4, 0.5) is 0 Å². The Balaban J connectivity index is 1.61. The number of nitrogens with one attached hydrogen (secondary N) is 2. The smallest absolute Gasteiger partial charge is 0.237 e. The molecule has 0 saturated carbocycles. The van der Waals surface area contributed by atoms with Gasteiger partial charge in [0.1, 0.15) is 5.01 Å². The first-order valence-corrected chi connectivity index (χ1v) is 10.1. The lowest BCUT2D eigenvalue weighted by atomic mass is 10.1. The van der Waals surface area contributed by atoms with Gasteiger partial charge in [0.05, 0.1) is 19.0 Å². The van der Waals surface area contributed by atoms with Crippen LogP contribution in [0.25, 0.3) is 0 Å². The molecular formula is C17H22N4O2S2. The molecular weight excluding hydrogens is 356 g/mol. The molecule has 2 aromatic heterocycles. The molecule has 1 fully saturated rings. The fourth-order valence-electron chi connectivity index (χ4n) is 3.10. The average Bonchev–Trinajstić information content (AvgIpc) is 3.30. The number of thiazole rings is 1. The number of amides is 2. The quantitative estimate of drug-likeness (QED) is 0.768. The maximum absolute atomic E-state index is 12.4. The average molecular weight is 379 g/mol. The standard InChI is InChI=1S/C17H22N4O2S2/c1-2-18-17(23)14-8-12(10-21(14)11-16-19-5-7-25-16)20-15(22)9-13-4-3-6-24-13/h3-7,12,14H,2,8-11H2,1H3,(H,18,23)(H,20,22). The molecule has 2 amide bonds. The van der Waals surface area contributed by atoms with E-state index in [0.29, 0.717) is 32.5 Å². The van der Waals surface area contributed by atoms with Crippen molar-refractivity contribution >= 4 is 34.5 Å². The fourth-order valence-corrected chi connectivity index (χ4v) is 4.45. The van der Waals surface area contributed by atoms with Crippen LogP contribution in [0.3, 0.4) is 0 Å². The Labute approximate surface area is 155 Å². The van der Waals surface area contributed by atoms with Crippen LogP contribution in [0, 0.1) is 0 Å². The Hall–Kier alpha value is -1.77. The first-order chi connectivity index (χ1) is 12.2. The van der Waals surface area contributed by atoms with Crippen LogP contribution in [0.15, 0.2) is 29.1 Å². The number of likely N-dealkylation sites (N-methyl/N-ethyl adjacent to an activating group) is 1. The van der Waals surface area contributed by atoms with Crippen LogP contribution in [-0.2, 0) is 22.6 Å². The Morgan fingerprint density at radius 1 is 1.36 bits per heavy atom. The Morgan fingerprint density at radius 2 is 2.24 bits per heavy atom. The molecule has 0 aliphatic carbocycles. The summed E-state index contributed by atoms with van der Waals surface area (Å²) in [4.78, 5) is 32.1. The van der Waals surface area contributed by atoms with E-state index in [-0.39, 0.29) is 23.9 Å². The highest BCUT2D eigenvalue weighted by atomic mass is 32.1. The van der Waals surface area contributed by atoms with Crippen molar-refractivity contribution in [3.8, 4) is 0 Å². The van der Waals surface area contributed by atoms with Crippen LogP contribution in [0.5, 0.6) is 0 Å². The summed E-state index contributed by atoms with van der Waals surface area (Å²) in [6.45, 7) is 3.82. The van der Waals surface area contributed by atoms with Gasteiger partial charge in [0, 0.05) is 35.6 Å². The van der Waals surface area contributed by atoms with E-state index in [0.717, 1.165) is 9.88 Å². The van der Waals surface area contributed by atoms with E-state index in [2.05, 4.69) is 20.5 Å². The minimum atomic E-state index is -0.226. The van der Waals surface area contributed by atoms with Gasteiger partial charge in [-0.2, -0.15) is 0 Å². The minimum absolute atomic E-state index is 0.0122. The van der Waals surface area contributed by atoms with E-state index in [1.54, 1.807) is 28.9 Å². The highest BCUT2D eigenvalue weighted by molar-refractivity contribution is 7.10. The zero-order valence-electron chi connectivity index (χ0n) is 14.1. The predicted molar refractivity (Wildman–Crippen MR) is 99.6 cm³/mol. The van der Waals surface area contributed by atoms with Crippen LogP contribution >= 0.6 is 22.7 Å². The maximum atomic E-state index is 12.4. The molecule has 2 N–H and O–H groups in total. The van der Waals surface area contributed by atoms with E-state index in [9.17, 15) is 9.59 Å². The van der Waals surface area contributed by atoms with Crippen molar-refractivity contribution in [2.24, 2.45) is 0 Å². The number of nitrogens with zero attached hydrogens (tertiary/aromatic N) is 2. The zero-order valence-corrected chi connectivity index (χ0v) is 15.7. The molecule has 3 heterocycles. The first kappa shape index (κ1) is 18.0. The van der Waals surface area contributed by atoms with E-state index in [1.165, 1.54) is 0 Å². The highest BCUT2D eigenvalue weighted by Gasteiger charge is 2.37. The normalized spacial score (nSPS) is 20.5. The predicted octanol–water partition coefficient (Wildman–Crippen LogP) is 1.64. The number of carbonyl (C=O) groups excluding carboxylic acids is 2. The number of aromatic nitrogens is 1. The Bertz CT molecular complexity index is 688. The number of thiophene rings is 1. The third kappa shape index (κ3) is 4.87. The van der Waals surface area contributed by atoms with E-state index in [1.807, 2.05) is 29.8 Å². The Kier molecular flexibility index (Phi) is 6.17. The topological polar surface area (TPSA) is 74.3 Å². The summed E-state index contributed by atoms with van der Waals surface area (Å²) in [7, 11) is 0. The molecule has 2 unspecified atom stereocenters. The summed E-state index contributed by atoms with van der Waals surface area (Å²) < 4.78 is 0. The molecule has 1 aliphatic rings. The zero-order chi connectivity index (χ0) is 17.6. The van der Waals surface area contributed by atoms with Gasteiger partial charge in [-0.05, 0) is 24.8 Å². The van der Waals surface area contributed by atoms with Gasteiger partial charge >= 0.3 is 0 Å². The van der Waals surface area contributed by atoms with Crippen molar-refractivity contribution in [2.75, 3.05) is 13.1 Å². The molecule has 1 saturated heterocycles. The minimum Gasteiger partial charge on any atom is -0.355 e. The monoisotopic (exact) mass is 378 g/mol. The lowest BCUT2D eigenvalue weighted by molar-refractivity contribution is -0.125. The number of hydrogen-bond acceptors (Lipinski definition) is 6. The maximum Gasteiger partial charge on any atom is 0.237 e. The second kappa shape index (κ2) is 8.55. The SMILES string of the molecule is CCNC(=O)C1CC(NC(=O)Cc2cccs2)CN1Cc1nccs1. The molecule has 2 atom stereocenters. The van der Waals surface area contributed by atoms with Crippen molar-refractivity contribution in [3.05, 3.63) is 39.0 Å². The van der Waals surface area contributed by atoms with Gasteiger partial charge in [-0.15, -0.1) is 22.7 Å². The Morgan fingerprint density at radius 3 is 2.92 bits per heavy atom. The molecule has 0 aromatic carbocycles. The van der Waals surface area contributed by atoms with Crippen LogP contribution in [-0.4, -0.2) is 46.9 Å². The summed E-state index contributed by atoms with van der Waals surface area (Å²) in [6, 6.07) is 3.67. The number of carbonyl (C=O) groups is 2. The molecule has 1 aliphatic heterocycles. The van der Waals surface area contributed by atoms with Crippen molar-refractivity contribution in [3.63, 3.8) is 0 Å². The molecule has 3 rings (SSSR count). The van der Waals surface area contributed by atoms with Crippen molar-refractivity contribution in [2.45, 2.75) is 38.4 Å². The summed E-state index contributed by atoms with van der Waals surface area (Å²) in [5, 5.41) is 10.9. The van der Waals surface area contributed by atoms with E-state index in [4.69, 9.17) is 0 Å². The second-order valence-electron chi connectivity index (χ2n) is 6.02. The van der Waals surface area contributed by atoms with Crippen LogP contribution < -0.4 is 10.6 Å². The summed E-state index contributed by atoms with van der Waals surface area (Å²) in [6.07, 6.45) is 2.80. The highest BCUT2D eigenvalue weighted by Crippen LogP contribution is 2.22. The van der Waals surface area contributed by atoms with Gasteiger partial charge in [-0.3, -0.25) is 14.5 Å². The van der Waals surface area contributed by atoms with Crippen molar-refractivity contribution in [1.29, 1.82) is 0 Å². The number of likely N-dealkylation sites (tertiary alicyclic amines) is 1. The second-order valence-corrected chi connectivity index (χ2v) is 8.03. The first-order valence-electron chi connectivity index (χ1n) is 8.37. The molecule has 0 spiro atoms. The van der Waals surface area contributed by atoms with Gasteiger partial charge in [-0.1, -0.05) is 6.07 Å². The van der Waals surface area contributed by atoms with Gasteiger partial charge in [0.25, 0.3) is 0 Å². The van der Waals surface area contributed by atoms with Crippen molar-refractivity contribution < 1.29 is 9.59 Å². The summed E-state index contributed by atoms with van der Waals surface area (Å²) in [5.74, 6) is 0.0345. The third-order valence-corrected chi connectivity index (χ3v) is 5.80. The number of hydrogen-bond donors (Lipinski definition) is 2. The molecule has 0 bridgehead atoms. The lowest BCUT2D eigenvalue weighted by Crippen LogP contribution is -2.42. The largest absolute Gasteiger partial charge is 0.355 e. The van der Waals surface area contributed by atoms with E-state index < -0.39 is 0 Å². The third-order valence-electron chi connectivity index (χ3n) is 4.16. The van der Waals surface area contributed by atoms with Gasteiger partial charge < -0.3 is 10.6 Å². The molecule has 134 valence electrons. The van der Waals surface area contributed by atoms with Gasteiger partial charge in [-0.25, -0.2) is 4.98 Å². The fraction of sp³-hybridized carbons (Fsp3) is 0.471. The van der Waals surface area contributed by atoms with Gasteiger partial charge in [0.2, 0.25) is 11.8 Å². The van der Waals surface area contributed by atoms with E-state index >= 15 is 0 Å². The lowest BCUT2D eigenvalue weighted by Gasteiger charge is -2.22. The summed E-state index contributed by atoms with van der Waals surface area (Å²) >= 11 is 3.17. The van der Waals surface area contributed by atoms with Crippen LogP contribution in [0.2, 0.25) is 0 Å². The van der Waals surface area contributed by atoms with Crippen molar-refractivity contribution in [1.82, 2.24) is 20.5 Å². The molecule has 0 radical (unpaired) electrons. The molecule has 6 nitrogen and oxygen atoms in total. The molecule has 8 heteroatoms. The van der Waals surface area contributed by atoms with Gasteiger partial charge in [0.15, 0.2) is 0 Å². The summed E-state index contributed by atoms with van der Waals surface area (Å²) in [5.41, 5.74) is 0. The van der Waals surface area contributed by atoms with Crippen LogP contribution in [0.1, 0.15) is 23.2 Å². The molecule has 2 aromatic rings. The number of rotatable bonds is 7.